The zero-order valence-corrected chi connectivity index (χ0v) is 19.5. The number of methoxy groups -OCH3 is 1. The number of thiocarbonyl (C=S) groups is 1. The summed E-state index contributed by atoms with van der Waals surface area (Å²) in [7, 11) is 1.31. The Kier molecular flexibility index (Phi) is 6.44. The standard InChI is InChI=1S/C23H17ClN4O5S/c1-12-3-7-17-20(9-12)33-22(26-17)15-11-14(5-6-16(15)24)25-23(34)27-21(29)13-4-8-19(32-2)18(10-13)28(30)31/h3-11H,1-2H3,(H2,25,27,29,34). The fourth-order valence-electron chi connectivity index (χ4n) is 3.23. The van der Waals surface area contributed by atoms with Crippen molar-refractivity contribution in [3.8, 4) is 17.2 Å². The number of benzene rings is 3. The largest absolute Gasteiger partial charge is 0.490 e. The van der Waals surface area contributed by atoms with E-state index in [9.17, 15) is 14.9 Å². The number of carbonyl (C=O) groups excluding carboxylic acids is 1. The molecule has 4 aromatic rings. The second-order valence-corrected chi connectivity index (χ2v) is 8.05. The van der Waals surface area contributed by atoms with Crippen LogP contribution in [0.3, 0.4) is 0 Å². The van der Waals surface area contributed by atoms with Crippen LogP contribution < -0.4 is 15.4 Å². The molecular formula is C23H17ClN4O5S. The number of oxazole rings is 1. The molecule has 2 N–H and O–H groups in total. The number of rotatable bonds is 5. The lowest BCUT2D eigenvalue weighted by Crippen LogP contribution is -2.34. The summed E-state index contributed by atoms with van der Waals surface area (Å²) in [5, 5.41) is 17.0. The van der Waals surface area contributed by atoms with E-state index in [0.29, 0.717) is 33.3 Å². The van der Waals surface area contributed by atoms with Crippen molar-refractivity contribution in [3.63, 3.8) is 0 Å². The van der Waals surface area contributed by atoms with E-state index in [1.807, 2.05) is 25.1 Å². The fraction of sp³-hybridized carbons (Fsp3) is 0.0870. The molecule has 9 nitrogen and oxygen atoms in total. The third kappa shape index (κ3) is 4.82. The molecule has 11 heteroatoms. The van der Waals surface area contributed by atoms with E-state index in [-0.39, 0.29) is 22.1 Å². The first-order chi connectivity index (χ1) is 16.2. The SMILES string of the molecule is COc1ccc(C(=O)NC(=S)Nc2ccc(Cl)c(-c3nc4ccc(C)cc4o3)c2)cc1[N+](=O)[O-]. The number of fused-ring (bicyclic) bond motifs is 1. The van der Waals surface area contributed by atoms with Crippen molar-refractivity contribution in [1.82, 2.24) is 10.3 Å². The van der Waals surface area contributed by atoms with Gasteiger partial charge in [-0.1, -0.05) is 17.7 Å². The maximum atomic E-state index is 12.5. The van der Waals surface area contributed by atoms with Gasteiger partial charge >= 0.3 is 5.69 Å². The molecule has 0 saturated carbocycles. The highest BCUT2D eigenvalue weighted by Gasteiger charge is 2.19. The van der Waals surface area contributed by atoms with E-state index >= 15 is 0 Å². The number of nitrogens with zero attached hydrogens (tertiary/aromatic N) is 2. The first-order valence-corrected chi connectivity index (χ1v) is 10.7. The van der Waals surface area contributed by atoms with Crippen LogP contribution in [0.5, 0.6) is 5.75 Å². The number of halogens is 1. The Morgan fingerprint density at radius 3 is 2.71 bits per heavy atom. The van der Waals surface area contributed by atoms with E-state index in [0.717, 1.165) is 11.6 Å². The highest BCUT2D eigenvalue weighted by atomic mass is 35.5. The Bertz CT molecular complexity index is 1450. The van der Waals surface area contributed by atoms with Crippen LogP contribution >= 0.6 is 23.8 Å². The van der Waals surface area contributed by atoms with Gasteiger partial charge in [-0.3, -0.25) is 20.2 Å². The molecule has 0 aliphatic carbocycles. The Labute approximate surface area is 203 Å². The molecular weight excluding hydrogens is 480 g/mol. The minimum atomic E-state index is -0.630. The summed E-state index contributed by atoms with van der Waals surface area (Å²) < 4.78 is 10.8. The van der Waals surface area contributed by atoms with Crippen LogP contribution in [-0.2, 0) is 0 Å². The second-order valence-electron chi connectivity index (χ2n) is 7.24. The Morgan fingerprint density at radius 1 is 1.18 bits per heavy atom. The zero-order chi connectivity index (χ0) is 24.4. The molecule has 0 bridgehead atoms. The molecule has 0 unspecified atom stereocenters. The smallest absolute Gasteiger partial charge is 0.311 e. The summed E-state index contributed by atoms with van der Waals surface area (Å²) >= 11 is 11.6. The molecule has 0 atom stereocenters. The number of nitro groups is 1. The highest BCUT2D eigenvalue weighted by molar-refractivity contribution is 7.80. The molecule has 1 heterocycles. The third-order valence-electron chi connectivity index (χ3n) is 4.86. The molecule has 1 aromatic heterocycles. The number of ether oxygens (including phenoxy) is 1. The predicted molar refractivity (Wildman–Crippen MR) is 133 cm³/mol. The number of amides is 1. The Balaban J connectivity index is 1.52. The summed E-state index contributed by atoms with van der Waals surface area (Å²) in [5.74, 6) is -0.230. The first kappa shape index (κ1) is 23.1. The molecule has 0 fully saturated rings. The molecule has 3 aromatic carbocycles. The van der Waals surface area contributed by atoms with Crippen molar-refractivity contribution in [2.75, 3.05) is 12.4 Å². The van der Waals surface area contributed by atoms with Crippen LogP contribution in [0.15, 0.2) is 59.0 Å². The summed E-state index contributed by atoms with van der Waals surface area (Å²) in [6, 6.07) is 14.6. The number of aryl methyl sites for hydroxylation is 1. The van der Waals surface area contributed by atoms with Crippen LogP contribution in [0.4, 0.5) is 11.4 Å². The minimum absolute atomic E-state index is 0.00932. The maximum Gasteiger partial charge on any atom is 0.311 e. The van der Waals surface area contributed by atoms with Crippen molar-refractivity contribution in [1.29, 1.82) is 0 Å². The van der Waals surface area contributed by atoms with E-state index in [1.165, 1.54) is 19.2 Å². The molecule has 0 aliphatic heterocycles. The van der Waals surface area contributed by atoms with Crippen molar-refractivity contribution in [2.45, 2.75) is 6.92 Å². The van der Waals surface area contributed by atoms with Gasteiger partial charge in [0, 0.05) is 17.3 Å². The van der Waals surface area contributed by atoms with Gasteiger partial charge < -0.3 is 14.5 Å². The van der Waals surface area contributed by atoms with E-state index in [4.69, 9.17) is 33.0 Å². The molecule has 1 amide bonds. The van der Waals surface area contributed by atoms with Gasteiger partial charge in [-0.05, 0) is 67.2 Å². The quantitative estimate of drug-likeness (QED) is 0.211. The lowest BCUT2D eigenvalue weighted by Gasteiger charge is -2.11. The van der Waals surface area contributed by atoms with Crippen LogP contribution in [0.1, 0.15) is 15.9 Å². The van der Waals surface area contributed by atoms with Gasteiger partial charge in [0.05, 0.1) is 22.6 Å². The average Bonchev–Trinajstić information content (AvgIpc) is 3.22. The van der Waals surface area contributed by atoms with Crippen LogP contribution in [-0.4, -0.2) is 28.0 Å². The van der Waals surface area contributed by atoms with Gasteiger partial charge in [0.15, 0.2) is 16.4 Å². The van der Waals surface area contributed by atoms with Gasteiger partial charge in [-0.25, -0.2) is 4.98 Å². The fourth-order valence-corrected chi connectivity index (χ4v) is 3.63. The number of nitro benzene ring substituents is 1. The summed E-state index contributed by atoms with van der Waals surface area (Å²) in [6.07, 6.45) is 0. The Morgan fingerprint density at radius 2 is 1.97 bits per heavy atom. The molecule has 0 saturated heterocycles. The van der Waals surface area contributed by atoms with Gasteiger partial charge in [0.1, 0.15) is 5.52 Å². The molecule has 0 radical (unpaired) electrons. The lowest BCUT2D eigenvalue weighted by atomic mass is 10.1. The number of anilines is 1. The average molecular weight is 497 g/mol. The number of nitrogens with one attached hydrogen (secondary N) is 2. The minimum Gasteiger partial charge on any atom is -0.490 e. The lowest BCUT2D eigenvalue weighted by molar-refractivity contribution is -0.385. The molecule has 4 rings (SSSR count). The van der Waals surface area contributed by atoms with Gasteiger partial charge in [0.25, 0.3) is 5.91 Å². The number of hydrogen-bond donors (Lipinski definition) is 2. The monoisotopic (exact) mass is 496 g/mol. The number of carbonyl (C=O) groups is 1. The van der Waals surface area contributed by atoms with E-state index < -0.39 is 10.8 Å². The Hall–Kier alpha value is -4.02. The van der Waals surface area contributed by atoms with Crippen molar-refractivity contribution in [3.05, 3.63) is 80.9 Å². The van der Waals surface area contributed by atoms with E-state index in [2.05, 4.69) is 15.6 Å². The molecule has 34 heavy (non-hydrogen) atoms. The molecule has 0 spiro atoms. The van der Waals surface area contributed by atoms with Crippen LogP contribution in [0.2, 0.25) is 5.02 Å². The molecule has 0 aliphatic rings. The highest BCUT2D eigenvalue weighted by Crippen LogP contribution is 2.32. The number of hydrogen-bond acceptors (Lipinski definition) is 7. The maximum absolute atomic E-state index is 12.5. The van der Waals surface area contributed by atoms with Gasteiger partial charge in [-0.15, -0.1) is 0 Å². The first-order valence-electron chi connectivity index (χ1n) is 9.87. The van der Waals surface area contributed by atoms with Crippen molar-refractivity contribution >= 4 is 57.3 Å². The second kappa shape index (κ2) is 9.46. The summed E-state index contributed by atoms with van der Waals surface area (Å²) in [4.78, 5) is 27.6. The van der Waals surface area contributed by atoms with Crippen molar-refractivity contribution < 1.29 is 18.9 Å². The molecule has 172 valence electrons. The zero-order valence-electron chi connectivity index (χ0n) is 17.9. The summed E-state index contributed by atoms with van der Waals surface area (Å²) in [5.41, 5.74) is 3.18. The van der Waals surface area contributed by atoms with Crippen LogP contribution in [0.25, 0.3) is 22.6 Å². The summed E-state index contributed by atoms with van der Waals surface area (Å²) in [6.45, 7) is 1.96. The van der Waals surface area contributed by atoms with Gasteiger partial charge in [0.2, 0.25) is 5.89 Å². The predicted octanol–water partition coefficient (Wildman–Crippen LogP) is 5.50. The normalized spacial score (nSPS) is 10.7. The van der Waals surface area contributed by atoms with E-state index in [1.54, 1.807) is 18.2 Å². The van der Waals surface area contributed by atoms with Crippen molar-refractivity contribution in [2.24, 2.45) is 0 Å². The third-order valence-corrected chi connectivity index (χ3v) is 5.40. The number of aromatic nitrogens is 1. The topological polar surface area (TPSA) is 120 Å². The van der Waals surface area contributed by atoms with Crippen LogP contribution in [0, 0.1) is 17.0 Å². The van der Waals surface area contributed by atoms with Gasteiger partial charge in [-0.2, -0.15) is 0 Å².